The molecule has 3 aromatic rings. The maximum atomic E-state index is 12.9. The first kappa shape index (κ1) is 19.7. The molecule has 1 aromatic heterocycles. The molecule has 1 fully saturated rings. The van der Waals surface area contributed by atoms with Crippen molar-refractivity contribution >= 4 is 45.6 Å². The van der Waals surface area contributed by atoms with Crippen LogP contribution in [-0.4, -0.2) is 25.5 Å². The van der Waals surface area contributed by atoms with Gasteiger partial charge in [0.15, 0.2) is 0 Å². The summed E-state index contributed by atoms with van der Waals surface area (Å²) in [5.41, 5.74) is 2.30. The second-order valence-electron chi connectivity index (χ2n) is 6.74. The van der Waals surface area contributed by atoms with Gasteiger partial charge in [-0.1, -0.05) is 36.4 Å². The molecule has 0 radical (unpaired) electrons. The van der Waals surface area contributed by atoms with Crippen molar-refractivity contribution in [1.82, 2.24) is 9.47 Å². The standard InChI is InChI=1S/C22H17N3O4S/c1-2-10-23-14-16(18-8-3-4-9-19(18)23)12-20-21(26)24(22(27)30-20)13-15-6-5-7-17(11-15)25(28)29/h2-9,11-12,14H,1,10,13H2/b20-12+. The zero-order valence-corrected chi connectivity index (χ0v) is 16.7. The summed E-state index contributed by atoms with van der Waals surface area (Å²) in [6, 6.07) is 13.8. The van der Waals surface area contributed by atoms with Crippen molar-refractivity contribution < 1.29 is 14.5 Å². The number of thioether (sulfide) groups is 1. The minimum absolute atomic E-state index is 0.0120. The Hall–Kier alpha value is -3.65. The normalized spacial score (nSPS) is 15.3. The SMILES string of the molecule is C=CCn1cc(/C=C2/SC(=O)N(Cc3cccc([N+](=O)[O-])c3)C2=O)c2ccccc21. The van der Waals surface area contributed by atoms with Crippen LogP contribution in [0.2, 0.25) is 0 Å². The minimum atomic E-state index is -0.504. The predicted molar refractivity (Wildman–Crippen MR) is 117 cm³/mol. The number of allylic oxidation sites excluding steroid dienone is 1. The Labute approximate surface area is 176 Å². The summed E-state index contributed by atoms with van der Waals surface area (Å²) in [5, 5.41) is 11.5. The molecular weight excluding hydrogens is 402 g/mol. The summed E-state index contributed by atoms with van der Waals surface area (Å²) in [7, 11) is 0. The van der Waals surface area contributed by atoms with Crippen LogP contribution in [0.4, 0.5) is 10.5 Å². The van der Waals surface area contributed by atoms with E-state index in [4.69, 9.17) is 0 Å². The molecule has 2 heterocycles. The van der Waals surface area contributed by atoms with Crippen molar-refractivity contribution in [2.45, 2.75) is 13.1 Å². The number of imide groups is 1. The van der Waals surface area contributed by atoms with E-state index in [-0.39, 0.29) is 12.2 Å². The summed E-state index contributed by atoms with van der Waals surface area (Å²) in [5.74, 6) is -0.406. The maximum Gasteiger partial charge on any atom is 0.293 e. The molecule has 150 valence electrons. The van der Waals surface area contributed by atoms with E-state index < -0.39 is 16.1 Å². The number of hydrogen-bond donors (Lipinski definition) is 0. The first-order valence-corrected chi connectivity index (χ1v) is 9.97. The molecule has 2 amide bonds. The summed E-state index contributed by atoms with van der Waals surface area (Å²) >= 11 is 0.873. The van der Waals surface area contributed by atoms with Gasteiger partial charge in [0.25, 0.3) is 16.8 Å². The van der Waals surface area contributed by atoms with Crippen LogP contribution in [0.3, 0.4) is 0 Å². The van der Waals surface area contributed by atoms with Gasteiger partial charge in [-0.3, -0.25) is 24.6 Å². The number of rotatable bonds is 6. The molecule has 8 heteroatoms. The molecule has 1 saturated heterocycles. The zero-order valence-electron chi connectivity index (χ0n) is 15.9. The molecule has 0 saturated carbocycles. The molecule has 0 spiro atoms. The van der Waals surface area contributed by atoms with Crippen LogP contribution in [-0.2, 0) is 17.9 Å². The quantitative estimate of drug-likeness (QED) is 0.244. The Kier molecular flexibility index (Phi) is 5.24. The molecule has 7 nitrogen and oxygen atoms in total. The van der Waals surface area contributed by atoms with Crippen molar-refractivity contribution in [2.24, 2.45) is 0 Å². The van der Waals surface area contributed by atoms with E-state index in [0.717, 1.165) is 33.1 Å². The number of para-hydroxylation sites is 1. The number of nitrogens with zero attached hydrogens (tertiary/aromatic N) is 3. The van der Waals surface area contributed by atoms with Gasteiger partial charge in [0, 0.05) is 41.3 Å². The second kappa shape index (κ2) is 8.00. The van der Waals surface area contributed by atoms with E-state index in [2.05, 4.69) is 6.58 Å². The van der Waals surface area contributed by atoms with Crippen LogP contribution in [0.15, 0.2) is 72.3 Å². The van der Waals surface area contributed by atoms with E-state index in [1.165, 1.54) is 18.2 Å². The molecule has 0 unspecified atom stereocenters. The Balaban J connectivity index is 1.64. The zero-order chi connectivity index (χ0) is 21.3. The highest BCUT2D eigenvalue weighted by Crippen LogP contribution is 2.35. The Bertz CT molecular complexity index is 1230. The maximum absolute atomic E-state index is 12.9. The molecular formula is C22H17N3O4S. The number of nitro benzene ring substituents is 1. The number of non-ortho nitro benzene ring substituents is 1. The number of carbonyl (C=O) groups is 2. The van der Waals surface area contributed by atoms with Gasteiger partial charge in [0.2, 0.25) is 0 Å². The largest absolute Gasteiger partial charge is 0.343 e. The van der Waals surface area contributed by atoms with Gasteiger partial charge < -0.3 is 4.57 Å². The minimum Gasteiger partial charge on any atom is -0.343 e. The van der Waals surface area contributed by atoms with Crippen molar-refractivity contribution in [3.63, 3.8) is 0 Å². The van der Waals surface area contributed by atoms with Crippen LogP contribution in [0.1, 0.15) is 11.1 Å². The topological polar surface area (TPSA) is 85.4 Å². The van der Waals surface area contributed by atoms with Crippen molar-refractivity contribution in [1.29, 1.82) is 0 Å². The van der Waals surface area contributed by atoms with Crippen LogP contribution in [0, 0.1) is 10.1 Å². The van der Waals surface area contributed by atoms with Gasteiger partial charge in [0.05, 0.1) is 16.4 Å². The fourth-order valence-corrected chi connectivity index (χ4v) is 4.24. The lowest BCUT2D eigenvalue weighted by molar-refractivity contribution is -0.384. The number of benzene rings is 2. The van der Waals surface area contributed by atoms with Gasteiger partial charge >= 0.3 is 0 Å². The van der Waals surface area contributed by atoms with E-state index >= 15 is 0 Å². The molecule has 30 heavy (non-hydrogen) atoms. The molecule has 4 rings (SSSR count). The number of fused-ring (bicyclic) bond motifs is 1. The van der Waals surface area contributed by atoms with E-state index in [0.29, 0.717) is 17.0 Å². The molecule has 1 aliphatic rings. The number of hydrogen-bond acceptors (Lipinski definition) is 5. The summed E-state index contributed by atoms with van der Waals surface area (Å²) in [6.45, 7) is 4.39. The van der Waals surface area contributed by atoms with Crippen molar-refractivity contribution in [2.75, 3.05) is 0 Å². The third-order valence-electron chi connectivity index (χ3n) is 4.77. The monoisotopic (exact) mass is 419 g/mol. The molecule has 0 atom stereocenters. The van der Waals surface area contributed by atoms with Gasteiger partial charge in [-0.05, 0) is 29.5 Å². The molecule has 2 aromatic carbocycles. The third kappa shape index (κ3) is 3.65. The lowest BCUT2D eigenvalue weighted by Gasteiger charge is -2.12. The number of carbonyl (C=O) groups excluding carboxylic acids is 2. The summed E-state index contributed by atoms with van der Waals surface area (Å²) in [6.07, 6.45) is 5.45. The van der Waals surface area contributed by atoms with E-state index in [9.17, 15) is 19.7 Å². The van der Waals surface area contributed by atoms with Gasteiger partial charge in [-0.25, -0.2) is 0 Å². The predicted octanol–water partition coefficient (Wildman–Crippen LogP) is 4.97. The van der Waals surface area contributed by atoms with E-state index in [1.807, 2.05) is 35.0 Å². The Morgan fingerprint density at radius 1 is 1.13 bits per heavy atom. The molecule has 0 aliphatic carbocycles. The highest BCUT2D eigenvalue weighted by molar-refractivity contribution is 8.18. The van der Waals surface area contributed by atoms with Gasteiger partial charge in [0.1, 0.15) is 0 Å². The molecule has 1 aliphatic heterocycles. The Morgan fingerprint density at radius 2 is 1.93 bits per heavy atom. The van der Waals surface area contributed by atoms with Crippen LogP contribution < -0.4 is 0 Å². The lowest BCUT2D eigenvalue weighted by Crippen LogP contribution is -2.27. The summed E-state index contributed by atoms with van der Waals surface area (Å²) in [4.78, 5) is 37.2. The highest BCUT2D eigenvalue weighted by Gasteiger charge is 2.35. The average Bonchev–Trinajstić information content (AvgIpc) is 3.21. The van der Waals surface area contributed by atoms with Gasteiger partial charge in [-0.2, -0.15) is 0 Å². The molecule has 0 bridgehead atoms. The van der Waals surface area contributed by atoms with E-state index in [1.54, 1.807) is 18.2 Å². The first-order valence-electron chi connectivity index (χ1n) is 9.15. The average molecular weight is 419 g/mol. The number of nitro groups is 1. The number of aromatic nitrogens is 1. The van der Waals surface area contributed by atoms with Gasteiger partial charge in [-0.15, -0.1) is 6.58 Å². The number of amides is 2. The second-order valence-corrected chi connectivity index (χ2v) is 7.73. The smallest absolute Gasteiger partial charge is 0.293 e. The van der Waals surface area contributed by atoms with Crippen LogP contribution >= 0.6 is 11.8 Å². The fraction of sp³-hybridized carbons (Fsp3) is 0.0909. The fourth-order valence-electron chi connectivity index (χ4n) is 3.41. The molecule has 0 N–H and O–H groups in total. The third-order valence-corrected chi connectivity index (χ3v) is 5.67. The van der Waals surface area contributed by atoms with Crippen LogP contribution in [0.25, 0.3) is 17.0 Å². The highest BCUT2D eigenvalue weighted by atomic mass is 32.2. The summed E-state index contributed by atoms with van der Waals surface area (Å²) < 4.78 is 2.03. The Morgan fingerprint density at radius 3 is 2.70 bits per heavy atom. The van der Waals surface area contributed by atoms with Crippen LogP contribution in [0.5, 0.6) is 0 Å². The first-order chi connectivity index (χ1) is 14.5. The van der Waals surface area contributed by atoms with Crippen molar-refractivity contribution in [3.05, 3.63) is 93.5 Å². The lowest BCUT2D eigenvalue weighted by atomic mass is 10.1. The van der Waals surface area contributed by atoms with Crippen molar-refractivity contribution in [3.8, 4) is 0 Å².